The minimum absolute atomic E-state index is 0.00216. The molecule has 140 valence electrons. The van der Waals surface area contributed by atoms with Crippen LogP contribution in [0.2, 0.25) is 0 Å². The van der Waals surface area contributed by atoms with Gasteiger partial charge in [-0.1, -0.05) is 30.3 Å². The van der Waals surface area contributed by atoms with Gasteiger partial charge in [0.25, 0.3) is 0 Å². The minimum Gasteiger partial charge on any atom is -0.472 e. The number of ether oxygens (including phenoxy) is 1. The van der Waals surface area contributed by atoms with Crippen LogP contribution in [-0.4, -0.2) is 17.0 Å². The molecule has 4 nitrogen and oxygen atoms in total. The Bertz CT molecular complexity index is 899. The number of hydrogen-bond acceptors (Lipinski definition) is 4. The number of halogens is 4. The second-order valence-corrected chi connectivity index (χ2v) is 5.70. The number of benzene rings is 2. The Hall–Kier alpha value is -3.16. The third-order valence-corrected chi connectivity index (χ3v) is 3.78. The first-order valence-corrected chi connectivity index (χ1v) is 7.95. The fourth-order valence-corrected chi connectivity index (χ4v) is 2.33. The summed E-state index contributed by atoms with van der Waals surface area (Å²) >= 11 is 0. The van der Waals surface area contributed by atoms with Gasteiger partial charge in [-0.05, 0) is 29.8 Å². The zero-order valence-electron chi connectivity index (χ0n) is 14.2. The molecule has 0 aliphatic carbocycles. The maximum atomic E-state index is 13.3. The number of aromatic nitrogens is 2. The Morgan fingerprint density at radius 3 is 2.30 bits per heavy atom. The largest absolute Gasteiger partial charge is 0.472 e. The zero-order chi connectivity index (χ0) is 19.4. The Morgan fingerprint density at radius 2 is 1.67 bits per heavy atom. The molecule has 0 unspecified atom stereocenters. The first kappa shape index (κ1) is 18.6. The maximum absolute atomic E-state index is 13.3. The lowest BCUT2D eigenvalue weighted by atomic mass is 10.2. The quantitative estimate of drug-likeness (QED) is 0.588. The fourth-order valence-electron chi connectivity index (χ4n) is 2.33. The van der Waals surface area contributed by atoms with Crippen LogP contribution in [0.5, 0.6) is 5.88 Å². The second kappa shape index (κ2) is 7.61. The number of hydrogen-bond donors (Lipinski definition) is 0. The fraction of sp³-hybridized carbons (Fsp3) is 0.158. The van der Waals surface area contributed by atoms with Gasteiger partial charge >= 0.3 is 6.18 Å². The smallest absolute Gasteiger partial charge is 0.423 e. The van der Waals surface area contributed by atoms with Gasteiger partial charge in [0, 0.05) is 18.9 Å². The molecule has 0 aliphatic rings. The Balaban J connectivity index is 1.91. The average Bonchev–Trinajstić information content (AvgIpc) is 2.66. The molecule has 0 radical (unpaired) electrons. The standard InChI is InChI=1S/C19H15F4N3O/c1-26(15-9-7-14(20)8-10-15)18-24-11-16(19(21,22)23)17(25-18)27-12-13-5-3-2-4-6-13/h2-11H,12H2,1H3. The first-order valence-electron chi connectivity index (χ1n) is 7.95. The topological polar surface area (TPSA) is 38.2 Å². The molecular formula is C19H15F4N3O. The van der Waals surface area contributed by atoms with E-state index in [9.17, 15) is 17.6 Å². The molecule has 0 spiro atoms. The predicted molar refractivity (Wildman–Crippen MR) is 92.3 cm³/mol. The van der Waals surface area contributed by atoms with Gasteiger partial charge in [0.15, 0.2) is 0 Å². The molecule has 0 amide bonds. The van der Waals surface area contributed by atoms with E-state index in [1.165, 1.54) is 29.2 Å². The van der Waals surface area contributed by atoms with Crippen molar-refractivity contribution in [1.29, 1.82) is 0 Å². The molecule has 3 aromatic rings. The van der Waals surface area contributed by atoms with Gasteiger partial charge in [0.1, 0.15) is 18.0 Å². The molecular weight excluding hydrogens is 362 g/mol. The molecule has 0 saturated heterocycles. The molecule has 2 aromatic carbocycles. The minimum atomic E-state index is -4.65. The third-order valence-electron chi connectivity index (χ3n) is 3.78. The molecule has 0 atom stereocenters. The number of anilines is 2. The molecule has 0 bridgehead atoms. The van der Waals surface area contributed by atoms with E-state index in [0.717, 1.165) is 0 Å². The summed E-state index contributed by atoms with van der Waals surface area (Å²) in [5, 5.41) is 0. The van der Waals surface area contributed by atoms with E-state index in [0.29, 0.717) is 17.4 Å². The van der Waals surface area contributed by atoms with E-state index in [1.54, 1.807) is 37.4 Å². The molecule has 0 aliphatic heterocycles. The number of nitrogens with zero attached hydrogens (tertiary/aromatic N) is 3. The third kappa shape index (κ3) is 4.52. The Kier molecular flexibility index (Phi) is 5.25. The summed E-state index contributed by atoms with van der Waals surface area (Å²) in [5.41, 5.74) is 0.164. The van der Waals surface area contributed by atoms with Crippen LogP contribution in [0.4, 0.5) is 29.2 Å². The number of rotatable bonds is 5. The Morgan fingerprint density at radius 1 is 1.00 bits per heavy atom. The predicted octanol–water partition coefficient (Wildman–Crippen LogP) is 4.98. The van der Waals surface area contributed by atoms with E-state index in [4.69, 9.17) is 4.74 Å². The SMILES string of the molecule is CN(c1ccc(F)cc1)c1ncc(C(F)(F)F)c(OCc2ccccc2)n1. The van der Waals surface area contributed by atoms with Crippen molar-refractivity contribution >= 4 is 11.6 Å². The lowest BCUT2D eigenvalue weighted by molar-refractivity contribution is -0.139. The van der Waals surface area contributed by atoms with E-state index < -0.39 is 23.4 Å². The van der Waals surface area contributed by atoms with E-state index in [-0.39, 0.29) is 12.6 Å². The summed E-state index contributed by atoms with van der Waals surface area (Å²) in [7, 11) is 1.57. The van der Waals surface area contributed by atoms with Crippen LogP contribution in [0, 0.1) is 5.82 Å². The summed E-state index contributed by atoms with van der Waals surface area (Å²) in [6.45, 7) is -0.0688. The summed E-state index contributed by atoms with van der Waals surface area (Å²) in [6, 6.07) is 14.2. The summed E-state index contributed by atoms with van der Waals surface area (Å²) in [6.07, 6.45) is -3.97. The lowest BCUT2D eigenvalue weighted by Crippen LogP contribution is -2.17. The Labute approximate surface area is 153 Å². The molecule has 0 fully saturated rings. The normalized spacial score (nSPS) is 11.3. The van der Waals surface area contributed by atoms with Crippen molar-refractivity contribution in [3.05, 3.63) is 77.7 Å². The van der Waals surface area contributed by atoms with Crippen molar-refractivity contribution < 1.29 is 22.3 Å². The lowest BCUT2D eigenvalue weighted by Gasteiger charge is -2.19. The van der Waals surface area contributed by atoms with Crippen LogP contribution in [-0.2, 0) is 12.8 Å². The molecule has 1 aromatic heterocycles. The van der Waals surface area contributed by atoms with Gasteiger partial charge in [0.05, 0.1) is 0 Å². The molecule has 27 heavy (non-hydrogen) atoms. The number of alkyl halides is 3. The van der Waals surface area contributed by atoms with Crippen LogP contribution in [0.3, 0.4) is 0 Å². The highest BCUT2D eigenvalue weighted by Crippen LogP contribution is 2.36. The molecule has 0 N–H and O–H groups in total. The first-order chi connectivity index (χ1) is 12.8. The van der Waals surface area contributed by atoms with Gasteiger partial charge in [-0.2, -0.15) is 18.2 Å². The van der Waals surface area contributed by atoms with Gasteiger partial charge in [0.2, 0.25) is 11.8 Å². The summed E-state index contributed by atoms with van der Waals surface area (Å²) in [4.78, 5) is 9.15. The maximum Gasteiger partial charge on any atom is 0.423 e. The van der Waals surface area contributed by atoms with Crippen LogP contribution < -0.4 is 9.64 Å². The zero-order valence-corrected chi connectivity index (χ0v) is 14.2. The molecule has 1 heterocycles. The molecule has 0 saturated carbocycles. The highest BCUT2D eigenvalue weighted by molar-refractivity contribution is 5.56. The van der Waals surface area contributed by atoms with Gasteiger partial charge < -0.3 is 9.64 Å². The van der Waals surface area contributed by atoms with E-state index in [2.05, 4.69) is 9.97 Å². The van der Waals surface area contributed by atoms with Gasteiger partial charge in [-0.3, -0.25) is 0 Å². The highest BCUT2D eigenvalue weighted by atomic mass is 19.4. The van der Waals surface area contributed by atoms with Crippen molar-refractivity contribution in [2.75, 3.05) is 11.9 Å². The summed E-state index contributed by atoms with van der Waals surface area (Å²) < 4.78 is 58.2. The average molecular weight is 377 g/mol. The van der Waals surface area contributed by atoms with Gasteiger partial charge in [-0.15, -0.1) is 0 Å². The van der Waals surface area contributed by atoms with Crippen LogP contribution in [0.1, 0.15) is 11.1 Å². The summed E-state index contributed by atoms with van der Waals surface area (Å²) in [5.74, 6) is -0.990. The van der Waals surface area contributed by atoms with Crippen LogP contribution in [0.15, 0.2) is 60.8 Å². The van der Waals surface area contributed by atoms with Gasteiger partial charge in [-0.25, -0.2) is 9.37 Å². The van der Waals surface area contributed by atoms with Crippen LogP contribution >= 0.6 is 0 Å². The van der Waals surface area contributed by atoms with E-state index in [1.807, 2.05) is 0 Å². The van der Waals surface area contributed by atoms with Crippen LogP contribution in [0.25, 0.3) is 0 Å². The molecule has 8 heteroatoms. The van der Waals surface area contributed by atoms with Crippen molar-refractivity contribution in [1.82, 2.24) is 9.97 Å². The van der Waals surface area contributed by atoms with Crippen molar-refractivity contribution in [3.8, 4) is 5.88 Å². The molecule has 3 rings (SSSR count). The van der Waals surface area contributed by atoms with Crippen molar-refractivity contribution in [2.45, 2.75) is 12.8 Å². The second-order valence-electron chi connectivity index (χ2n) is 5.70. The van der Waals surface area contributed by atoms with Crippen molar-refractivity contribution in [2.24, 2.45) is 0 Å². The highest BCUT2D eigenvalue weighted by Gasteiger charge is 2.36. The van der Waals surface area contributed by atoms with E-state index >= 15 is 0 Å². The monoisotopic (exact) mass is 377 g/mol. The van der Waals surface area contributed by atoms with Crippen molar-refractivity contribution in [3.63, 3.8) is 0 Å².